The molecule has 0 aliphatic heterocycles. The van der Waals surface area contributed by atoms with Crippen LogP contribution in [0.5, 0.6) is 0 Å². The standard InChI is InChI=1S/C20H28N4OS.HI/c1-2-21-20(22-11-6-12-25-14-16-9-10-16)23-13-18-15-26-19(24-18)17-7-4-3-5-8-17;/h3-5,7-8,15-16H,2,6,9-14H2,1H3,(H2,21,22,23);1H. The van der Waals surface area contributed by atoms with Crippen molar-refractivity contribution < 1.29 is 4.74 Å². The zero-order valence-corrected chi connectivity index (χ0v) is 19.0. The molecular formula is C20H29IN4OS. The van der Waals surface area contributed by atoms with Gasteiger partial charge in [0.15, 0.2) is 5.96 Å². The zero-order chi connectivity index (χ0) is 18.0. The van der Waals surface area contributed by atoms with Crippen molar-refractivity contribution in [2.75, 3.05) is 26.3 Å². The number of benzene rings is 1. The number of hydrogen-bond donors (Lipinski definition) is 2. The summed E-state index contributed by atoms with van der Waals surface area (Å²) in [5, 5.41) is 9.78. The average Bonchev–Trinajstić information content (AvgIpc) is 3.38. The molecule has 1 saturated carbocycles. The molecule has 1 aliphatic rings. The molecule has 1 fully saturated rings. The van der Waals surface area contributed by atoms with Crippen LogP contribution in [0, 0.1) is 5.92 Å². The van der Waals surface area contributed by atoms with Crippen LogP contribution in [-0.2, 0) is 11.3 Å². The number of ether oxygens (including phenoxy) is 1. The smallest absolute Gasteiger partial charge is 0.191 e. The van der Waals surface area contributed by atoms with E-state index in [9.17, 15) is 0 Å². The highest BCUT2D eigenvalue weighted by Gasteiger charge is 2.20. The van der Waals surface area contributed by atoms with E-state index in [1.807, 2.05) is 18.2 Å². The molecule has 1 aromatic heterocycles. The molecule has 1 aliphatic carbocycles. The Morgan fingerprint density at radius 1 is 1.26 bits per heavy atom. The predicted octanol–water partition coefficient (Wildman–Crippen LogP) is 4.30. The van der Waals surface area contributed by atoms with Crippen LogP contribution < -0.4 is 10.6 Å². The third-order valence-corrected chi connectivity index (χ3v) is 5.06. The Morgan fingerprint density at radius 2 is 2.07 bits per heavy atom. The van der Waals surface area contributed by atoms with Crippen molar-refractivity contribution in [3.8, 4) is 10.6 Å². The van der Waals surface area contributed by atoms with Crippen LogP contribution in [-0.4, -0.2) is 37.2 Å². The molecule has 0 bridgehead atoms. The van der Waals surface area contributed by atoms with Crippen LogP contribution in [0.15, 0.2) is 40.7 Å². The Bertz CT molecular complexity index is 688. The Balaban J connectivity index is 0.00000261. The van der Waals surface area contributed by atoms with E-state index in [0.717, 1.165) is 60.9 Å². The molecule has 0 amide bonds. The fourth-order valence-electron chi connectivity index (χ4n) is 2.51. The van der Waals surface area contributed by atoms with Gasteiger partial charge in [0.25, 0.3) is 0 Å². The summed E-state index contributed by atoms with van der Waals surface area (Å²) in [4.78, 5) is 9.34. The number of thiazole rings is 1. The maximum absolute atomic E-state index is 5.66. The van der Waals surface area contributed by atoms with Crippen molar-refractivity contribution >= 4 is 41.3 Å². The van der Waals surface area contributed by atoms with E-state index in [1.165, 1.54) is 12.8 Å². The van der Waals surface area contributed by atoms with Gasteiger partial charge in [-0.2, -0.15) is 0 Å². The first kappa shape index (κ1) is 22.1. The number of aliphatic imine (C=N–C) groups is 1. The molecule has 27 heavy (non-hydrogen) atoms. The number of halogens is 1. The number of aromatic nitrogens is 1. The number of rotatable bonds is 10. The van der Waals surface area contributed by atoms with Gasteiger partial charge in [-0.3, -0.25) is 0 Å². The van der Waals surface area contributed by atoms with E-state index >= 15 is 0 Å². The van der Waals surface area contributed by atoms with Crippen molar-refractivity contribution in [2.24, 2.45) is 10.9 Å². The monoisotopic (exact) mass is 500 g/mol. The highest BCUT2D eigenvalue weighted by molar-refractivity contribution is 14.0. The number of guanidine groups is 1. The molecule has 0 saturated heterocycles. The van der Waals surface area contributed by atoms with Gasteiger partial charge in [-0.05, 0) is 32.1 Å². The van der Waals surface area contributed by atoms with Crippen LogP contribution in [0.2, 0.25) is 0 Å². The maximum Gasteiger partial charge on any atom is 0.191 e. The highest BCUT2D eigenvalue weighted by Crippen LogP contribution is 2.28. The van der Waals surface area contributed by atoms with Crippen molar-refractivity contribution in [1.82, 2.24) is 15.6 Å². The summed E-state index contributed by atoms with van der Waals surface area (Å²) in [5.41, 5.74) is 2.16. The van der Waals surface area contributed by atoms with E-state index in [2.05, 4.69) is 40.1 Å². The second-order valence-electron chi connectivity index (χ2n) is 6.50. The summed E-state index contributed by atoms with van der Waals surface area (Å²) in [7, 11) is 0. The molecule has 1 heterocycles. The first-order chi connectivity index (χ1) is 12.8. The van der Waals surface area contributed by atoms with Crippen LogP contribution >= 0.6 is 35.3 Å². The Labute approximate surface area is 183 Å². The van der Waals surface area contributed by atoms with Gasteiger partial charge in [0, 0.05) is 37.2 Å². The molecule has 0 radical (unpaired) electrons. The normalized spacial score (nSPS) is 13.9. The maximum atomic E-state index is 5.66. The molecule has 5 nitrogen and oxygen atoms in total. The van der Waals surface area contributed by atoms with Crippen LogP contribution in [0.25, 0.3) is 10.6 Å². The quantitative estimate of drug-likeness (QED) is 0.221. The lowest BCUT2D eigenvalue weighted by Crippen LogP contribution is -2.38. The predicted molar refractivity (Wildman–Crippen MR) is 124 cm³/mol. The van der Waals surface area contributed by atoms with Crippen molar-refractivity contribution in [2.45, 2.75) is 32.7 Å². The summed E-state index contributed by atoms with van der Waals surface area (Å²) < 4.78 is 5.66. The second-order valence-corrected chi connectivity index (χ2v) is 7.36. The van der Waals surface area contributed by atoms with Gasteiger partial charge in [0.2, 0.25) is 0 Å². The fourth-order valence-corrected chi connectivity index (χ4v) is 3.33. The summed E-state index contributed by atoms with van der Waals surface area (Å²) in [6, 6.07) is 10.3. The highest BCUT2D eigenvalue weighted by atomic mass is 127. The van der Waals surface area contributed by atoms with Crippen LogP contribution in [0.1, 0.15) is 31.9 Å². The lowest BCUT2D eigenvalue weighted by Gasteiger charge is -2.11. The molecule has 3 rings (SSSR count). The summed E-state index contributed by atoms with van der Waals surface area (Å²) in [6.07, 6.45) is 3.68. The van der Waals surface area contributed by atoms with E-state index in [-0.39, 0.29) is 24.0 Å². The molecular weight excluding hydrogens is 471 g/mol. The third-order valence-electron chi connectivity index (χ3n) is 4.12. The second kappa shape index (κ2) is 12.3. The van der Waals surface area contributed by atoms with Gasteiger partial charge in [0.1, 0.15) is 5.01 Å². The molecule has 2 aromatic rings. The van der Waals surface area contributed by atoms with E-state index < -0.39 is 0 Å². The van der Waals surface area contributed by atoms with Crippen LogP contribution in [0.4, 0.5) is 0 Å². The number of hydrogen-bond acceptors (Lipinski definition) is 4. The van der Waals surface area contributed by atoms with E-state index in [0.29, 0.717) is 6.54 Å². The van der Waals surface area contributed by atoms with Crippen molar-refractivity contribution in [1.29, 1.82) is 0 Å². The van der Waals surface area contributed by atoms with Crippen LogP contribution in [0.3, 0.4) is 0 Å². The molecule has 1 aromatic carbocycles. The van der Waals surface area contributed by atoms with Gasteiger partial charge in [-0.15, -0.1) is 35.3 Å². The lowest BCUT2D eigenvalue weighted by molar-refractivity contribution is 0.123. The molecule has 148 valence electrons. The van der Waals surface area contributed by atoms with Gasteiger partial charge < -0.3 is 15.4 Å². The zero-order valence-electron chi connectivity index (χ0n) is 15.8. The van der Waals surface area contributed by atoms with Gasteiger partial charge in [0.05, 0.1) is 12.2 Å². The average molecular weight is 500 g/mol. The Morgan fingerprint density at radius 3 is 2.81 bits per heavy atom. The molecule has 0 unspecified atom stereocenters. The molecule has 0 atom stereocenters. The first-order valence-corrected chi connectivity index (χ1v) is 10.3. The minimum atomic E-state index is 0. The first-order valence-electron chi connectivity index (χ1n) is 9.45. The fraction of sp³-hybridized carbons (Fsp3) is 0.500. The van der Waals surface area contributed by atoms with Gasteiger partial charge in [-0.1, -0.05) is 30.3 Å². The number of nitrogens with one attached hydrogen (secondary N) is 2. The minimum Gasteiger partial charge on any atom is -0.381 e. The van der Waals surface area contributed by atoms with Gasteiger partial charge in [-0.25, -0.2) is 9.98 Å². The molecule has 7 heteroatoms. The van der Waals surface area contributed by atoms with Gasteiger partial charge >= 0.3 is 0 Å². The van der Waals surface area contributed by atoms with Crippen molar-refractivity contribution in [3.05, 3.63) is 41.4 Å². The summed E-state index contributed by atoms with van der Waals surface area (Å²) in [6.45, 7) is 6.11. The van der Waals surface area contributed by atoms with Crippen molar-refractivity contribution in [3.63, 3.8) is 0 Å². The van der Waals surface area contributed by atoms with E-state index in [4.69, 9.17) is 9.72 Å². The minimum absolute atomic E-state index is 0. The topological polar surface area (TPSA) is 58.5 Å². The Kier molecular flexibility index (Phi) is 10.1. The molecule has 2 N–H and O–H groups in total. The Hall–Kier alpha value is -1.19. The SMILES string of the molecule is CCNC(=NCc1csc(-c2ccccc2)n1)NCCCOCC1CC1.I. The molecule has 0 spiro atoms. The largest absolute Gasteiger partial charge is 0.381 e. The van der Waals surface area contributed by atoms with E-state index in [1.54, 1.807) is 11.3 Å². The summed E-state index contributed by atoms with van der Waals surface area (Å²) in [5.74, 6) is 1.67. The number of nitrogens with zero attached hydrogens (tertiary/aromatic N) is 2. The summed E-state index contributed by atoms with van der Waals surface area (Å²) >= 11 is 1.66. The third kappa shape index (κ3) is 8.15. The lowest BCUT2D eigenvalue weighted by atomic mass is 10.2.